The molecule has 5 aliphatic carbocycles. The van der Waals surface area contributed by atoms with E-state index in [9.17, 15) is 5.11 Å². The number of rotatable bonds is 3. The lowest BCUT2D eigenvalue weighted by Gasteiger charge is -2.39. The average Bonchev–Trinajstić information content (AvgIpc) is 3.56. The van der Waals surface area contributed by atoms with E-state index in [1.165, 1.54) is 51.4 Å². The van der Waals surface area contributed by atoms with Gasteiger partial charge in [0.2, 0.25) is 0 Å². The molecule has 6 heteroatoms. The molecule has 29 heavy (non-hydrogen) atoms. The minimum absolute atomic E-state index is 0.215. The largest absolute Gasteiger partial charge is 0.387 e. The van der Waals surface area contributed by atoms with Crippen molar-refractivity contribution in [3.8, 4) is 0 Å². The van der Waals surface area contributed by atoms with Crippen molar-refractivity contribution in [2.24, 2.45) is 35.5 Å². The lowest BCUT2D eigenvalue weighted by molar-refractivity contribution is -0.163. The number of methoxy groups -OCH3 is 1. The minimum atomic E-state index is -0.719. The Hall–Kier alpha value is -0.240. The Morgan fingerprint density at radius 2 is 1.14 bits per heavy atom. The molecule has 1 N–H and O–H groups in total. The Bertz CT molecular complexity index is 605. The third-order valence-corrected chi connectivity index (χ3v) is 9.69. The summed E-state index contributed by atoms with van der Waals surface area (Å²) in [6, 6.07) is 0. The summed E-state index contributed by atoms with van der Waals surface area (Å²) in [5.41, 5.74) is 0. The van der Waals surface area contributed by atoms with Crippen LogP contribution in [0.4, 0.5) is 0 Å². The zero-order valence-electron chi connectivity index (χ0n) is 17.2. The molecule has 14 atom stereocenters. The van der Waals surface area contributed by atoms with E-state index >= 15 is 0 Å². The standard InChI is InChI=1S/C23H34O6/c1-25-19-20-17(26-22(28-20)14-8-10-2-4-12(14)6-10)16(24)18-21(19)29-23(27-18)15-9-11-3-5-13(15)7-11/h10-24H,2-9H2,1H3/t10?,11?,12?,13?,14?,15?,16?,17-,18+,19?,20-,21-,22?,23?/m1/s1. The number of aliphatic hydroxyl groups excluding tert-OH is 1. The van der Waals surface area contributed by atoms with Crippen molar-refractivity contribution in [3.05, 3.63) is 0 Å². The molecule has 0 aromatic rings. The molecule has 7 aliphatic rings. The summed E-state index contributed by atoms with van der Waals surface area (Å²) in [6.07, 6.45) is 7.66. The predicted octanol–water partition coefficient (Wildman–Crippen LogP) is 2.47. The fourth-order valence-corrected chi connectivity index (χ4v) is 8.37. The van der Waals surface area contributed by atoms with Crippen LogP contribution < -0.4 is 0 Å². The first-order valence-corrected chi connectivity index (χ1v) is 12.0. The Morgan fingerprint density at radius 3 is 1.52 bits per heavy atom. The first kappa shape index (κ1) is 18.3. The van der Waals surface area contributed by atoms with E-state index < -0.39 is 6.10 Å². The fourth-order valence-electron chi connectivity index (χ4n) is 8.37. The second-order valence-electron chi connectivity index (χ2n) is 11.0. The molecule has 2 aliphatic heterocycles. The van der Waals surface area contributed by atoms with Gasteiger partial charge in [0.1, 0.15) is 36.6 Å². The Morgan fingerprint density at radius 1 is 0.655 bits per heavy atom. The van der Waals surface area contributed by atoms with E-state index in [1.807, 2.05) is 0 Å². The Labute approximate surface area is 172 Å². The molecule has 0 spiro atoms. The molecule has 0 aromatic carbocycles. The lowest BCUT2D eigenvalue weighted by atomic mass is 9.85. The average molecular weight is 407 g/mol. The second kappa shape index (κ2) is 6.63. The Kier molecular flexibility index (Phi) is 4.19. The number of hydrogen-bond acceptors (Lipinski definition) is 6. The van der Waals surface area contributed by atoms with Crippen molar-refractivity contribution in [2.75, 3.05) is 7.11 Å². The molecule has 4 bridgehead atoms. The summed E-state index contributed by atoms with van der Waals surface area (Å²) in [6.45, 7) is 0. The molecule has 0 aromatic heterocycles. The zero-order valence-corrected chi connectivity index (χ0v) is 17.2. The van der Waals surface area contributed by atoms with Gasteiger partial charge in [0.05, 0.1) is 0 Å². The van der Waals surface area contributed by atoms with Gasteiger partial charge in [0.25, 0.3) is 0 Å². The van der Waals surface area contributed by atoms with Gasteiger partial charge < -0.3 is 28.8 Å². The summed E-state index contributed by atoms with van der Waals surface area (Å²) in [5.74, 6) is 4.06. The van der Waals surface area contributed by atoms with Crippen LogP contribution >= 0.6 is 0 Å². The van der Waals surface area contributed by atoms with Crippen molar-refractivity contribution < 1.29 is 28.8 Å². The van der Waals surface area contributed by atoms with Crippen LogP contribution in [0.2, 0.25) is 0 Å². The molecule has 0 amide bonds. The molecular formula is C23H34O6. The van der Waals surface area contributed by atoms with Crippen molar-refractivity contribution in [2.45, 2.75) is 101 Å². The second-order valence-corrected chi connectivity index (χ2v) is 11.0. The molecule has 2 heterocycles. The van der Waals surface area contributed by atoms with Crippen molar-refractivity contribution in [1.29, 1.82) is 0 Å². The van der Waals surface area contributed by atoms with E-state index in [4.69, 9.17) is 23.7 Å². The van der Waals surface area contributed by atoms with Gasteiger partial charge in [-0.15, -0.1) is 0 Å². The normalized spacial score (nSPS) is 62.7. The van der Waals surface area contributed by atoms with Crippen LogP contribution in [0.15, 0.2) is 0 Å². The van der Waals surface area contributed by atoms with Gasteiger partial charge in [-0.1, -0.05) is 12.8 Å². The molecule has 162 valence electrons. The number of aliphatic hydroxyl groups is 1. The van der Waals surface area contributed by atoms with Crippen LogP contribution in [-0.2, 0) is 23.7 Å². The predicted molar refractivity (Wildman–Crippen MR) is 102 cm³/mol. The third-order valence-electron chi connectivity index (χ3n) is 9.69. The summed E-state index contributed by atoms with van der Waals surface area (Å²) in [7, 11) is 1.72. The molecule has 5 saturated carbocycles. The lowest BCUT2D eigenvalue weighted by Crippen LogP contribution is -2.62. The summed E-state index contributed by atoms with van der Waals surface area (Å²) in [5, 5.41) is 11.2. The summed E-state index contributed by atoms with van der Waals surface area (Å²) in [4.78, 5) is 0. The molecule has 7 fully saturated rings. The van der Waals surface area contributed by atoms with Gasteiger partial charge in [-0.3, -0.25) is 0 Å². The van der Waals surface area contributed by atoms with Gasteiger partial charge in [-0.25, -0.2) is 0 Å². The van der Waals surface area contributed by atoms with Crippen molar-refractivity contribution in [3.63, 3.8) is 0 Å². The van der Waals surface area contributed by atoms with Gasteiger partial charge in [-0.05, 0) is 62.2 Å². The molecular weight excluding hydrogens is 372 g/mol. The van der Waals surface area contributed by atoms with Crippen LogP contribution in [0.1, 0.15) is 51.4 Å². The maximum atomic E-state index is 11.2. The zero-order chi connectivity index (χ0) is 19.3. The molecule has 10 unspecified atom stereocenters. The topological polar surface area (TPSA) is 66.4 Å². The van der Waals surface area contributed by atoms with Crippen molar-refractivity contribution in [1.82, 2.24) is 0 Å². The summed E-state index contributed by atoms with van der Waals surface area (Å²) >= 11 is 0. The number of hydrogen-bond donors (Lipinski definition) is 1. The van der Waals surface area contributed by atoms with Gasteiger partial charge in [-0.2, -0.15) is 0 Å². The molecule has 2 saturated heterocycles. The SMILES string of the molecule is COC1[C@@H]2OC(C3CC4CCC3C4)O[C@@H]2C(O)[C@@H]2OC(C3CC4CCC3C4)O[C@@H]12. The first-order valence-electron chi connectivity index (χ1n) is 12.0. The van der Waals surface area contributed by atoms with Crippen LogP contribution in [0.25, 0.3) is 0 Å². The van der Waals surface area contributed by atoms with E-state index in [2.05, 4.69) is 0 Å². The minimum Gasteiger partial charge on any atom is -0.387 e. The monoisotopic (exact) mass is 406 g/mol. The molecule has 7 rings (SSSR count). The quantitative estimate of drug-likeness (QED) is 0.777. The van der Waals surface area contributed by atoms with E-state index in [0.717, 1.165) is 23.7 Å². The highest BCUT2D eigenvalue weighted by molar-refractivity contribution is 5.08. The highest BCUT2D eigenvalue weighted by atomic mass is 16.8. The first-order chi connectivity index (χ1) is 14.2. The van der Waals surface area contributed by atoms with Crippen LogP contribution in [0.5, 0.6) is 0 Å². The van der Waals surface area contributed by atoms with Crippen LogP contribution in [0, 0.1) is 35.5 Å². The van der Waals surface area contributed by atoms with Crippen LogP contribution in [-0.4, -0.2) is 61.4 Å². The highest BCUT2D eigenvalue weighted by Gasteiger charge is 2.63. The van der Waals surface area contributed by atoms with Crippen molar-refractivity contribution >= 4 is 0 Å². The fraction of sp³-hybridized carbons (Fsp3) is 1.00. The maximum absolute atomic E-state index is 11.2. The highest BCUT2D eigenvalue weighted by Crippen LogP contribution is 2.55. The maximum Gasteiger partial charge on any atom is 0.161 e. The molecule has 0 radical (unpaired) electrons. The van der Waals surface area contributed by atoms with Gasteiger partial charge in [0.15, 0.2) is 12.6 Å². The van der Waals surface area contributed by atoms with E-state index in [0.29, 0.717) is 11.8 Å². The van der Waals surface area contributed by atoms with Crippen LogP contribution in [0.3, 0.4) is 0 Å². The summed E-state index contributed by atoms with van der Waals surface area (Å²) < 4.78 is 31.5. The third kappa shape index (κ3) is 2.63. The van der Waals surface area contributed by atoms with Gasteiger partial charge >= 0.3 is 0 Å². The number of fused-ring (bicyclic) bond motifs is 6. The molecule has 6 nitrogen and oxygen atoms in total. The smallest absolute Gasteiger partial charge is 0.161 e. The number of ether oxygens (including phenoxy) is 5. The van der Waals surface area contributed by atoms with E-state index in [-0.39, 0.29) is 43.1 Å². The Balaban J connectivity index is 1.10. The van der Waals surface area contributed by atoms with E-state index in [1.54, 1.807) is 7.11 Å². The van der Waals surface area contributed by atoms with Gasteiger partial charge in [0, 0.05) is 18.9 Å².